The topological polar surface area (TPSA) is 95.5 Å². The molecule has 0 aliphatic heterocycles. The van der Waals surface area contributed by atoms with E-state index < -0.39 is 9.85 Å². The molecule has 2 aromatic rings. The third-order valence-corrected chi connectivity index (χ3v) is 2.33. The number of non-ortho nitro benzene ring substituents is 2. The van der Waals surface area contributed by atoms with E-state index in [1.54, 1.807) is 0 Å². The molecule has 8 heteroatoms. The molecule has 2 rings (SSSR count). The molecular formula is C12H8N2NaO5. The van der Waals surface area contributed by atoms with Crippen molar-refractivity contribution in [3.8, 4) is 11.5 Å². The summed E-state index contributed by atoms with van der Waals surface area (Å²) in [5.41, 5.74) is -0.0629. The van der Waals surface area contributed by atoms with Gasteiger partial charge in [-0.05, 0) is 24.3 Å². The number of nitro groups is 2. The van der Waals surface area contributed by atoms with Gasteiger partial charge in [0.05, 0.1) is 9.85 Å². The number of hydrogen-bond acceptors (Lipinski definition) is 5. The zero-order valence-electron chi connectivity index (χ0n) is 10.6. The fourth-order valence-corrected chi connectivity index (χ4v) is 1.41. The van der Waals surface area contributed by atoms with Crippen LogP contribution in [0.2, 0.25) is 0 Å². The molecule has 7 nitrogen and oxygen atoms in total. The summed E-state index contributed by atoms with van der Waals surface area (Å²) in [7, 11) is 0. The summed E-state index contributed by atoms with van der Waals surface area (Å²) in [5.74, 6) is 0.832. The summed E-state index contributed by atoms with van der Waals surface area (Å²) < 4.78 is 5.40. The molecule has 0 aliphatic carbocycles. The van der Waals surface area contributed by atoms with Crippen LogP contribution in [0.5, 0.6) is 11.5 Å². The molecule has 2 aromatic carbocycles. The average Bonchev–Trinajstić information content (AvgIpc) is 2.40. The van der Waals surface area contributed by atoms with Crippen molar-refractivity contribution in [2.45, 2.75) is 0 Å². The summed E-state index contributed by atoms with van der Waals surface area (Å²) in [4.78, 5) is 19.9. The van der Waals surface area contributed by atoms with E-state index in [-0.39, 0.29) is 40.9 Å². The molecule has 0 aromatic heterocycles. The smallest absolute Gasteiger partial charge is 0.269 e. The summed E-state index contributed by atoms with van der Waals surface area (Å²) in [5, 5.41) is 20.9. The maximum atomic E-state index is 10.5. The Morgan fingerprint density at radius 2 is 1.00 bits per heavy atom. The predicted octanol–water partition coefficient (Wildman–Crippen LogP) is 2.91. The average molecular weight is 283 g/mol. The van der Waals surface area contributed by atoms with Crippen LogP contribution in [-0.4, -0.2) is 39.4 Å². The molecule has 0 spiro atoms. The third-order valence-electron chi connectivity index (χ3n) is 2.33. The van der Waals surface area contributed by atoms with E-state index in [0.717, 1.165) is 0 Å². The quantitative estimate of drug-likeness (QED) is 0.488. The van der Waals surface area contributed by atoms with Crippen LogP contribution in [0.15, 0.2) is 48.5 Å². The van der Waals surface area contributed by atoms with E-state index in [9.17, 15) is 20.2 Å². The van der Waals surface area contributed by atoms with Crippen molar-refractivity contribution in [2.75, 3.05) is 0 Å². The minimum atomic E-state index is -0.504. The van der Waals surface area contributed by atoms with E-state index in [1.165, 1.54) is 48.5 Å². The molecule has 1 radical (unpaired) electrons. The molecule has 0 atom stereocenters. The van der Waals surface area contributed by atoms with Crippen LogP contribution in [0.25, 0.3) is 0 Å². The Hall–Kier alpha value is -1.96. The number of rotatable bonds is 4. The van der Waals surface area contributed by atoms with Gasteiger partial charge in [0.1, 0.15) is 11.5 Å². The van der Waals surface area contributed by atoms with E-state index >= 15 is 0 Å². The molecule has 0 amide bonds. The second kappa shape index (κ2) is 6.99. The summed E-state index contributed by atoms with van der Waals surface area (Å²) >= 11 is 0. The van der Waals surface area contributed by atoms with Gasteiger partial charge in [-0.25, -0.2) is 0 Å². The van der Waals surface area contributed by atoms with Gasteiger partial charge >= 0.3 is 0 Å². The SMILES string of the molecule is O=[N+]([O-])c1ccc(Oc2ccc([N+](=O)[O-])cc2)cc1.[Na]. The fourth-order valence-electron chi connectivity index (χ4n) is 1.41. The molecule has 0 aliphatic rings. The van der Waals surface area contributed by atoms with E-state index in [2.05, 4.69) is 0 Å². The second-order valence-electron chi connectivity index (χ2n) is 3.60. The Bertz CT molecular complexity index is 557. The van der Waals surface area contributed by atoms with Crippen molar-refractivity contribution in [1.82, 2.24) is 0 Å². The first kappa shape index (κ1) is 16.1. The second-order valence-corrected chi connectivity index (χ2v) is 3.60. The Morgan fingerprint density at radius 3 is 1.25 bits per heavy atom. The minimum absolute atomic E-state index is 0. The van der Waals surface area contributed by atoms with E-state index in [4.69, 9.17) is 4.74 Å². The van der Waals surface area contributed by atoms with Gasteiger partial charge in [-0.1, -0.05) is 0 Å². The van der Waals surface area contributed by atoms with Crippen molar-refractivity contribution in [3.05, 3.63) is 68.8 Å². The van der Waals surface area contributed by atoms with Gasteiger partial charge in [-0.3, -0.25) is 20.2 Å². The molecule has 0 unspecified atom stereocenters. The van der Waals surface area contributed by atoms with Crippen LogP contribution in [0.1, 0.15) is 0 Å². The van der Waals surface area contributed by atoms with Gasteiger partial charge in [-0.2, -0.15) is 0 Å². The monoisotopic (exact) mass is 283 g/mol. The largest absolute Gasteiger partial charge is 0.457 e. The first-order valence-corrected chi connectivity index (χ1v) is 5.23. The molecule has 0 saturated carbocycles. The van der Waals surface area contributed by atoms with Gasteiger partial charge in [0, 0.05) is 53.8 Å². The van der Waals surface area contributed by atoms with Crippen LogP contribution >= 0.6 is 0 Å². The Kier molecular flexibility index (Phi) is 5.63. The van der Waals surface area contributed by atoms with Gasteiger partial charge in [0.2, 0.25) is 0 Å². The molecule has 20 heavy (non-hydrogen) atoms. The third kappa shape index (κ3) is 4.02. The molecule has 0 N–H and O–H groups in total. The van der Waals surface area contributed by atoms with Crippen molar-refractivity contribution in [2.24, 2.45) is 0 Å². The number of ether oxygens (including phenoxy) is 1. The van der Waals surface area contributed by atoms with Crippen molar-refractivity contribution in [1.29, 1.82) is 0 Å². The van der Waals surface area contributed by atoms with Gasteiger partial charge in [-0.15, -0.1) is 0 Å². The number of hydrogen-bond donors (Lipinski definition) is 0. The van der Waals surface area contributed by atoms with Crippen LogP contribution in [0, 0.1) is 20.2 Å². The number of benzene rings is 2. The van der Waals surface area contributed by atoms with Crippen molar-refractivity contribution < 1.29 is 14.6 Å². The first-order chi connectivity index (χ1) is 9.06. The van der Waals surface area contributed by atoms with Crippen LogP contribution in [0.3, 0.4) is 0 Å². The van der Waals surface area contributed by atoms with E-state index in [1.807, 2.05) is 0 Å². The van der Waals surface area contributed by atoms with Gasteiger partial charge in [0.25, 0.3) is 11.4 Å². The fraction of sp³-hybridized carbons (Fsp3) is 0. The Morgan fingerprint density at radius 1 is 0.700 bits per heavy atom. The zero-order chi connectivity index (χ0) is 13.8. The standard InChI is InChI=1S/C12H8N2O5.Na/c15-13(16)9-1-5-11(6-2-9)19-12-7-3-10(4-8-12)14(17)18;/h1-8H;. The minimum Gasteiger partial charge on any atom is -0.457 e. The van der Waals surface area contributed by atoms with Crippen LogP contribution < -0.4 is 4.74 Å². The normalized spacial score (nSPS) is 9.40. The number of nitrogens with zero attached hydrogens (tertiary/aromatic N) is 2. The van der Waals surface area contributed by atoms with Crippen molar-refractivity contribution >= 4 is 40.9 Å². The van der Waals surface area contributed by atoms with Gasteiger partial charge in [0.15, 0.2) is 0 Å². The maximum absolute atomic E-state index is 10.5. The Labute approximate surface area is 135 Å². The predicted molar refractivity (Wildman–Crippen MR) is 72.0 cm³/mol. The van der Waals surface area contributed by atoms with E-state index in [0.29, 0.717) is 11.5 Å². The maximum Gasteiger partial charge on any atom is 0.269 e. The van der Waals surface area contributed by atoms with Gasteiger partial charge < -0.3 is 4.74 Å². The Balaban J connectivity index is 0.00000200. The number of nitro benzene ring substituents is 2. The molecule has 0 bridgehead atoms. The van der Waals surface area contributed by atoms with Crippen molar-refractivity contribution in [3.63, 3.8) is 0 Å². The summed E-state index contributed by atoms with van der Waals surface area (Å²) in [6, 6.07) is 11.1. The molecule has 0 fully saturated rings. The molecule has 97 valence electrons. The summed E-state index contributed by atoms with van der Waals surface area (Å²) in [6.07, 6.45) is 0. The summed E-state index contributed by atoms with van der Waals surface area (Å²) in [6.45, 7) is 0. The van der Waals surface area contributed by atoms with Crippen LogP contribution in [0.4, 0.5) is 11.4 Å². The first-order valence-electron chi connectivity index (χ1n) is 5.23. The molecule has 0 saturated heterocycles. The molecule has 0 heterocycles. The van der Waals surface area contributed by atoms with Crippen LogP contribution in [-0.2, 0) is 0 Å². The zero-order valence-corrected chi connectivity index (χ0v) is 12.6. The molecular weight excluding hydrogens is 275 g/mol.